The predicted molar refractivity (Wildman–Crippen MR) is 134 cm³/mol. The molecule has 0 spiro atoms. The lowest BCUT2D eigenvalue weighted by molar-refractivity contribution is -0.117. The van der Waals surface area contributed by atoms with E-state index in [9.17, 15) is 25.2 Å². The van der Waals surface area contributed by atoms with Crippen molar-refractivity contribution >= 4 is 17.2 Å². The Morgan fingerprint density at radius 1 is 0.889 bits per heavy atom. The fourth-order valence-electron chi connectivity index (χ4n) is 3.71. The number of hydrogen-bond acceptors (Lipinski definition) is 10. The van der Waals surface area contributed by atoms with E-state index in [1.807, 2.05) is 47.8 Å². The second-order valence-electron chi connectivity index (χ2n) is 8.55. The van der Waals surface area contributed by atoms with E-state index in [-0.39, 0.29) is 12.5 Å². The summed E-state index contributed by atoms with van der Waals surface area (Å²) in [4.78, 5) is 25.9. The molecule has 194 valence electrons. The Hall–Kier alpha value is -2.77. The average Bonchev–Trinajstić information content (AvgIpc) is 3.35. The molecule has 0 saturated heterocycles. The lowest BCUT2D eigenvalue weighted by Crippen LogP contribution is -2.50. The summed E-state index contributed by atoms with van der Waals surface area (Å²) in [5.74, 6) is -0.348. The monoisotopic (exact) mass is 516 g/mol. The van der Waals surface area contributed by atoms with Gasteiger partial charge in [-0.05, 0) is 41.3 Å². The Bertz CT molecular complexity index is 1030. The van der Waals surface area contributed by atoms with Gasteiger partial charge in [-0.15, -0.1) is 11.3 Å². The smallest absolute Gasteiger partial charge is 0.264 e. The third-order valence-corrected chi connectivity index (χ3v) is 6.64. The van der Waals surface area contributed by atoms with Gasteiger partial charge in [0, 0.05) is 45.6 Å². The molecule has 0 aromatic carbocycles. The summed E-state index contributed by atoms with van der Waals surface area (Å²) in [6, 6.07) is 13.3. The molecule has 36 heavy (non-hydrogen) atoms. The number of aromatic nitrogens is 2. The number of amides is 1. The van der Waals surface area contributed by atoms with Gasteiger partial charge in [0.25, 0.3) is 5.91 Å². The van der Waals surface area contributed by atoms with Crippen LogP contribution in [0.15, 0.2) is 60.2 Å². The number of thiophene rings is 1. The number of hydrogen-bond donors (Lipinski definition) is 5. The summed E-state index contributed by atoms with van der Waals surface area (Å²) in [5.41, 5.74) is 2.57. The van der Waals surface area contributed by atoms with Crippen molar-refractivity contribution in [2.24, 2.45) is 0 Å². The molecule has 0 aliphatic carbocycles. The zero-order chi connectivity index (χ0) is 26.1. The molecule has 3 heterocycles. The third-order valence-electron chi connectivity index (χ3n) is 5.69. The Balaban J connectivity index is 1.71. The van der Waals surface area contributed by atoms with Gasteiger partial charge in [0.2, 0.25) is 0 Å². The van der Waals surface area contributed by atoms with Crippen molar-refractivity contribution < 1.29 is 30.3 Å². The van der Waals surface area contributed by atoms with Crippen LogP contribution in [0.3, 0.4) is 0 Å². The van der Waals surface area contributed by atoms with Gasteiger partial charge in [0.1, 0.15) is 24.4 Å². The molecule has 0 bridgehead atoms. The summed E-state index contributed by atoms with van der Waals surface area (Å²) in [5, 5.41) is 50.5. The van der Waals surface area contributed by atoms with Crippen molar-refractivity contribution in [2.45, 2.75) is 44.1 Å². The van der Waals surface area contributed by atoms with Crippen LogP contribution in [0.2, 0.25) is 0 Å². The number of aliphatic hydroxyl groups excluding tert-OH is 5. The summed E-state index contributed by atoms with van der Waals surface area (Å²) < 4.78 is 0. The molecule has 0 radical (unpaired) electrons. The molecule has 0 unspecified atom stereocenters. The minimum absolute atomic E-state index is 0.280. The zero-order valence-corrected chi connectivity index (χ0v) is 20.8. The molecule has 10 nitrogen and oxygen atoms in total. The van der Waals surface area contributed by atoms with Crippen molar-refractivity contribution in [2.75, 3.05) is 20.2 Å². The van der Waals surface area contributed by atoms with Crippen LogP contribution < -0.4 is 0 Å². The highest BCUT2D eigenvalue weighted by atomic mass is 32.1. The first-order chi connectivity index (χ1) is 17.3. The van der Waals surface area contributed by atoms with Gasteiger partial charge in [-0.2, -0.15) is 0 Å². The lowest BCUT2D eigenvalue weighted by Gasteiger charge is -2.28. The van der Waals surface area contributed by atoms with Crippen molar-refractivity contribution in [3.05, 3.63) is 82.1 Å². The topological polar surface area (TPSA) is 150 Å². The van der Waals surface area contributed by atoms with Crippen LogP contribution in [0.25, 0.3) is 0 Å². The van der Waals surface area contributed by atoms with Crippen LogP contribution in [0.1, 0.15) is 26.6 Å². The minimum atomic E-state index is -1.75. The van der Waals surface area contributed by atoms with Gasteiger partial charge in [-0.3, -0.25) is 19.7 Å². The van der Waals surface area contributed by atoms with E-state index in [4.69, 9.17) is 5.11 Å². The van der Waals surface area contributed by atoms with E-state index in [0.717, 1.165) is 17.0 Å². The number of nitrogens with zero attached hydrogens (tertiary/aromatic N) is 4. The molecule has 1 amide bonds. The van der Waals surface area contributed by atoms with Gasteiger partial charge in [0.15, 0.2) is 0 Å². The van der Waals surface area contributed by atoms with Gasteiger partial charge in [-0.1, -0.05) is 12.1 Å². The highest BCUT2D eigenvalue weighted by Gasteiger charge is 2.32. The molecule has 11 heteroatoms. The first-order valence-corrected chi connectivity index (χ1v) is 12.3. The Labute approximate surface area is 213 Å². The first-order valence-electron chi connectivity index (χ1n) is 11.5. The minimum Gasteiger partial charge on any atom is -0.394 e. The lowest BCUT2D eigenvalue weighted by atomic mass is 10.0. The summed E-state index contributed by atoms with van der Waals surface area (Å²) in [7, 11) is 1.48. The molecule has 3 aromatic rings. The second kappa shape index (κ2) is 13.5. The van der Waals surface area contributed by atoms with Crippen molar-refractivity contribution in [3.8, 4) is 0 Å². The van der Waals surface area contributed by atoms with Crippen LogP contribution in [0.5, 0.6) is 0 Å². The van der Waals surface area contributed by atoms with Crippen molar-refractivity contribution in [1.29, 1.82) is 0 Å². The quantitative estimate of drug-likeness (QED) is 0.215. The van der Waals surface area contributed by atoms with Gasteiger partial charge in [0.05, 0.1) is 22.9 Å². The van der Waals surface area contributed by atoms with Gasteiger partial charge >= 0.3 is 0 Å². The average molecular weight is 517 g/mol. The molecule has 0 aliphatic rings. The highest BCUT2D eigenvalue weighted by Crippen LogP contribution is 2.22. The maximum absolute atomic E-state index is 13.2. The van der Waals surface area contributed by atoms with Crippen LogP contribution >= 0.6 is 11.3 Å². The molecule has 3 rings (SSSR count). The fraction of sp³-hybridized carbons (Fsp3) is 0.400. The van der Waals surface area contributed by atoms with E-state index in [1.54, 1.807) is 12.4 Å². The summed E-state index contributed by atoms with van der Waals surface area (Å²) in [6.07, 6.45) is -3.15. The largest absolute Gasteiger partial charge is 0.394 e. The predicted octanol–water partition coefficient (Wildman–Crippen LogP) is 0.248. The summed E-state index contributed by atoms with van der Waals surface area (Å²) >= 11 is 1.28. The number of aliphatic hydroxyl groups is 5. The van der Waals surface area contributed by atoms with Gasteiger partial charge in [-0.25, -0.2) is 0 Å². The summed E-state index contributed by atoms with van der Waals surface area (Å²) in [6.45, 7) is 0.501. The third kappa shape index (κ3) is 7.61. The van der Waals surface area contributed by atoms with Crippen LogP contribution in [-0.4, -0.2) is 95.8 Å². The van der Waals surface area contributed by atoms with Crippen molar-refractivity contribution in [3.63, 3.8) is 0 Å². The first kappa shape index (κ1) is 27.8. The Kier molecular flexibility index (Phi) is 10.4. The number of pyridine rings is 2. The number of rotatable bonds is 13. The zero-order valence-electron chi connectivity index (χ0n) is 20.0. The normalized spacial score (nSPS) is 14.9. The number of carbonyl (C=O) groups is 1. The van der Waals surface area contributed by atoms with E-state index < -0.39 is 31.0 Å². The van der Waals surface area contributed by atoms with E-state index in [0.29, 0.717) is 24.5 Å². The molecule has 0 fully saturated rings. The van der Waals surface area contributed by atoms with E-state index in [1.165, 1.54) is 23.3 Å². The second-order valence-corrected chi connectivity index (χ2v) is 9.46. The Morgan fingerprint density at radius 2 is 1.47 bits per heavy atom. The van der Waals surface area contributed by atoms with E-state index in [2.05, 4.69) is 14.9 Å². The van der Waals surface area contributed by atoms with Crippen molar-refractivity contribution in [1.82, 2.24) is 19.8 Å². The van der Waals surface area contributed by atoms with Crippen LogP contribution in [-0.2, 0) is 19.6 Å². The number of carbonyl (C=O) groups excluding carboxylic acids is 1. The van der Waals surface area contributed by atoms with E-state index >= 15 is 0 Å². The maximum atomic E-state index is 13.2. The van der Waals surface area contributed by atoms with Gasteiger partial charge < -0.3 is 30.4 Å². The standard InChI is InChI=1S/C25H32N4O6S/c1-28(15-20(31)22(33)23(34)21(32)16-30)25(35)24-17(8-11-36-24)12-29(13-18-6-2-4-9-26-18)14-19-7-3-5-10-27-19/h2-11,20-23,30-34H,12-16H2,1H3/t20-,21+,22+,23+/m0/s1. The molecule has 5 N–H and O–H groups in total. The molecule has 0 aliphatic heterocycles. The molecule has 3 aromatic heterocycles. The molecular weight excluding hydrogens is 484 g/mol. The fourth-order valence-corrected chi connectivity index (χ4v) is 4.62. The Morgan fingerprint density at radius 3 is 2.00 bits per heavy atom. The number of likely N-dealkylation sites (N-methyl/N-ethyl adjacent to an activating group) is 1. The maximum Gasteiger partial charge on any atom is 0.264 e. The molecular formula is C25H32N4O6S. The van der Waals surface area contributed by atoms with Crippen LogP contribution in [0.4, 0.5) is 0 Å². The van der Waals surface area contributed by atoms with Crippen LogP contribution in [0, 0.1) is 0 Å². The molecule has 0 saturated carbocycles. The highest BCUT2D eigenvalue weighted by molar-refractivity contribution is 7.12. The SMILES string of the molecule is CN(C[C@H](O)[C@@H](O)[C@H](O)[C@H](O)CO)C(=O)c1sccc1CN(Cc1ccccn1)Cc1ccccn1. The molecule has 4 atom stereocenters.